The lowest BCUT2D eigenvalue weighted by atomic mass is 9.95. The molecule has 0 aliphatic heterocycles. The van der Waals surface area contributed by atoms with Gasteiger partial charge < -0.3 is 4.42 Å². The number of hydrogen-bond acceptors (Lipinski definition) is 2. The van der Waals surface area contributed by atoms with Crippen LogP contribution in [0.5, 0.6) is 0 Å². The van der Waals surface area contributed by atoms with Gasteiger partial charge in [0, 0.05) is 28.5 Å². The molecule has 3 heteroatoms. The van der Waals surface area contributed by atoms with E-state index in [0.717, 1.165) is 45.2 Å². The number of aryl methyl sites for hydroxylation is 2. The molecule has 0 N–H and O–H groups in total. The molecule has 0 aliphatic rings. The minimum atomic E-state index is 0.448. The molecule has 0 saturated heterocycles. The third kappa shape index (κ3) is 2.78. The van der Waals surface area contributed by atoms with Crippen molar-refractivity contribution in [1.29, 1.82) is 5.26 Å². The third-order valence-electron chi connectivity index (χ3n) is 5.16. The van der Waals surface area contributed by atoms with Crippen molar-refractivity contribution >= 4 is 21.9 Å². The Hall–Kier alpha value is -3.12. The zero-order chi connectivity index (χ0) is 19.1. The Morgan fingerprint density at radius 3 is 2.48 bits per heavy atom. The highest BCUT2D eigenvalue weighted by molar-refractivity contribution is 6.10. The predicted octanol–water partition coefficient (Wildman–Crippen LogP) is 5.46. The quantitative estimate of drug-likeness (QED) is 0.458. The van der Waals surface area contributed by atoms with Gasteiger partial charge in [0.05, 0.1) is 17.2 Å². The molecule has 0 radical (unpaired) electrons. The normalized spacial score (nSPS) is 11.4. The number of hydrogen-bond donors (Lipinski definition) is 0. The van der Waals surface area contributed by atoms with Gasteiger partial charge in [-0.3, -0.25) is 0 Å². The second-order valence-corrected chi connectivity index (χ2v) is 7.61. The van der Waals surface area contributed by atoms with Crippen LogP contribution in [0.1, 0.15) is 30.5 Å². The minimum Gasteiger partial charge on any atom is -0.455 e. The molecule has 0 bridgehead atoms. The summed E-state index contributed by atoms with van der Waals surface area (Å²) >= 11 is 0. The lowest BCUT2D eigenvalue weighted by Crippen LogP contribution is -2.30. The largest absolute Gasteiger partial charge is 0.455 e. The summed E-state index contributed by atoms with van der Waals surface area (Å²) in [5.74, 6) is 0.448. The van der Waals surface area contributed by atoms with Crippen LogP contribution in [-0.4, -0.2) is 0 Å². The Morgan fingerprint density at radius 1 is 1.04 bits per heavy atom. The molecule has 3 nitrogen and oxygen atoms in total. The van der Waals surface area contributed by atoms with Crippen molar-refractivity contribution in [2.75, 3.05) is 0 Å². The van der Waals surface area contributed by atoms with Gasteiger partial charge in [0.2, 0.25) is 5.69 Å². The lowest BCUT2D eigenvalue weighted by molar-refractivity contribution is -0.660. The van der Waals surface area contributed by atoms with Crippen molar-refractivity contribution in [3.05, 3.63) is 65.4 Å². The molecule has 0 atom stereocenters. The first-order valence-corrected chi connectivity index (χ1v) is 9.34. The van der Waals surface area contributed by atoms with Crippen LogP contribution < -0.4 is 4.57 Å². The Morgan fingerprint density at radius 2 is 1.78 bits per heavy atom. The predicted molar refractivity (Wildman–Crippen MR) is 108 cm³/mol. The van der Waals surface area contributed by atoms with Crippen LogP contribution in [0.15, 0.2) is 53.1 Å². The number of furan rings is 1. The fourth-order valence-corrected chi connectivity index (χ4v) is 3.87. The number of rotatable bonds is 3. The third-order valence-corrected chi connectivity index (χ3v) is 5.16. The highest BCUT2D eigenvalue weighted by Crippen LogP contribution is 2.39. The topological polar surface area (TPSA) is 40.8 Å². The molecular weight excluding hydrogens is 332 g/mol. The minimum absolute atomic E-state index is 0.448. The van der Waals surface area contributed by atoms with Crippen LogP contribution >= 0.6 is 0 Å². The molecule has 0 saturated carbocycles. The van der Waals surface area contributed by atoms with E-state index in [1.165, 1.54) is 5.56 Å². The maximum Gasteiger partial charge on any atom is 0.216 e. The van der Waals surface area contributed by atoms with Gasteiger partial charge in [0.15, 0.2) is 6.20 Å². The van der Waals surface area contributed by atoms with Gasteiger partial charge in [-0.25, -0.2) is 4.57 Å². The molecule has 0 fully saturated rings. The zero-order valence-electron chi connectivity index (χ0n) is 16.2. The van der Waals surface area contributed by atoms with Crippen LogP contribution in [0.2, 0.25) is 0 Å². The monoisotopic (exact) mass is 355 g/mol. The Labute approximate surface area is 159 Å². The van der Waals surface area contributed by atoms with E-state index < -0.39 is 0 Å². The summed E-state index contributed by atoms with van der Waals surface area (Å²) < 4.78 is 8.60. The van der Waals surface area contributed by atoms with Gasteiger partial charge in [-0.15, -0.1) is 0 Å². The summed E-state index contributed by atoms with van der Waals surface area (Å²) in [5.41, 5.74) is 6.87. The number of pyridine rings is 1. The van der Waals surface area contributed by atoms with Crippen molar-refractivity contribution in [2.45, 2.75) is 27.2 Å². The van der Waals surface area contributed by atoms with E-state index >= 15 is 0 Å². The van der Waals surface area contributed by atoms with E-state index in [4.69, 9.17) is 4.42 Å². The smallest absolute Gasteiger partial charge is 0.216 e. The zero-order valence-corrected chi connectivity index (χ0v) is 16.2. The molecular formula is C24H23N2O+. The summed E-state index contributed by atoms with van der Waals surface area (Å²) in [7, 11) is 2.05. The first-order valence-electron chi connectivity index (χ1n) is 9.34. The Bertz CT molecular complexity index is 1210. The molecule has 2 aromatic carbocycles. The summed E-state index contributed by atoms with van der Waals surface area (Å²) in [4.78, 5) is 0. The van der Waals surface area contributed by atoms with Crippen molar-refractivity contribution in [1.82, 2.24) is 0 Å². The highest BCUT2D eigenvalue weighted by atomic mass is 16.3. The number of benzene rings is 2. The molecule has 4 aromatic rings. The summed E-state index contributed by atoms with van der Waals surface area (Å²) in [5, 5.41) is 11.8. The van der Waals surface area contributed by atoms with Crippen molar-refractivity contribution in [2.24, 2.45) is 13.0 Å². The van der Waals surface area contributed by atoms with Gasteiger partial charge in [-0.2, -0.15) is 5.26 Å². The molecule has 0 amide bonds. The van der Waals surface area contributed by atoms with E-state index in [1.807, 2.05) is 37.5 Å². The van der Waals surface area contributed by atoms with Crippen molar-refractivity contribution in [3.8, 4) is 17.3 Å². The van der Waals surface area contributed by atoms with E-state index in [9.17, 15) is 5.26 Å². The molecule has 4 rings (SSSR count). The summed E-state index contributed by atoms with van der Waals surface area (Å²) in [6.07, 6.45) is 2.88. The van der Waals surface area contributed by atoms with E-state index in [2.05, 4.69) is 49.6 Å². The van der Waals surface area contributed by atoms with Gasteiger partial charge in [0.1, 0.15) is 18.2 Å². The van der Waals surface area contributed by atoms with Crippen LogP contribution in [0.3, 0.4) is 0 Å². The lowest BCUT2D eigenvalue weighted by Gasteiger charge is -2.07. The first-order chi connectivity index (χ1) is 13.0. The van der Waals surface area contributed by atoms with Gasteiger partial charge in [-0.1, -0.05) is 26.0 Å². The van der Waals surface area contributed by atoms with Gasteiger partial charge >= 0.3 is 0 Å². The summed E-state index contributed by atoms with van der Waals surface area (Å²) in [6.45, 7) is 6.45. The maximum absolute atomic E-state index is 9.58. The van der Waals surface area contributed by atoms with Crippen molar-refractivity contribution in [3.63, 3.8) is 0 Å². The SMILES string of the molecule is Cc1ccc2c(oc3c(CC(C)C)c(C#N)ccc32)c1-c1cccc[n+]1C. The molecule has 0 spiro atoms. The second kappa shape index (κ2) is 6.55. The van der Waals surface area contributed by atoms with E-state index in [0.29, 0.717) is 11.5 Å². The molecule has 2 aromatic heterocycles. The molecule has 0 aliphatic carbocycles. The molecule has 2 heterocycles. The standard InChI is InChI=1S/C24H23N2O/c1-15(2)13-20-17(14-25)9-11-18-19-10-8-16(3)22(24(19)27-23(18)20)21-7-5-6-12-26(21)4/h5-12,15H,13H2,1-4H3/q+1. The van der Waals surface area contributed by atoms with Crippen LogP contribution in [-0.2, 0) is 13.5 Å². The average molecular weight is 355 g/mol. The van der Waals surface area contributed by atoms with Crippen LogP contribution in [0.4, 0.5) is 0 Å². The number of aromatic nitrogens is 1. The number of fused-ring (bicyclic) bond motifs is 3. The number of nitrogens with zero attached hydrogens (tertiary/aromatic N) is 2. The molecule has 134 valence electrons. The maximum atomic E-state index is 9.58. The Balaban J connectivity index is 2.12. The van der Waals surface area contributed by atoms with Gasteiger partial charge in [0.25, 0.3) is 0 Å². The Kier molecular flexibility index (Phi) is 4.20. The van der Waals surface area contributed by atoms with Gasteiger partial charge in [-0.05, 0) is 43.0 Å². The van der Waals surface area contributed by atoms with Crippen molar-refractivity contribution < 1.29 is 8.98 Å². The summed E-state index contributed by atoms with van der Waals surface area (Å²) in [6, 6.07) is 16.8. The van der Waals surface area contributed by atoms with Crippen LogP contribution in [0.25, 0.3) is 33.2 Å². The fraction of sp³-hybridized carbons (Fsp3) is 0.250. The molecule has 27 heavy (non-hydrogen) atoms. The molecule has 0 unspecified atom stereocenters. The van der Waals surface area contributed by atoms with E-state index in [1.54, 1.807) is 0 Å². The highest BCUT2D eigenvalue weighted by Gasteiger charge is 2.22. The fourth-order valence-electron chi connectivity index (χ4n) is 3.87. The van der Waals surface area contributed by atoms with E-state index in [-0.39, 0.29) is 0 Å². The second-order valence-electron chi connectivity index (χ2n) is 7.61. The average Bonchev–Trinajstić information content (AvgIpc) is 3.01. The van der Waals surface area contributed by atoms with Crippen LogP contribution in [0, 0.1) is 24.2 Å². The first kappa shape index (κ1) is 17.3. The number of nitriles is 1.